The van der Waals surface area contributed by atoms with Gasteiger partial charge in [-0.3, -0.25) is 0 Å². The SMILES string of the molecule is COCC(CCO)NCc1occc1C. The highest BCUT2D eigenvalue weighted by Gasteiger charge is 2.09. The van der Waals surface area contributed by atoms with Crippen LogP contribution in [0.2, 0.25) is 0 Å². The number of aryl methyl sites for hydroxylation is 1. The lowest BCUT2D eigenvalue weighted by atomic mass is 10.2. The summed E-state index contributed by atoms with van der Waals surface area (Å²) >= 11 is 0. The van der Waals surface area contributed by atoms with E-state index in [1.807, 2.05) is 13.0 Å². The minimum Gasteiger partial charge on any atom is -0.468 e. The van der Waals surface area contributed by atoms with Crippen LogP contribution < -0.4 is 5.32 Å². The molecule has 1 atom stereocenters. The van der Waals surface area contributed by atoms with Gasteiger partial charge in [0, 0.05) is 19.8 Å². The number of aliphatic hydroxyl groups is 1. The largest absolute Gasteiger partial charge is 0.468 e. The fourth-order valence-electron chi connectivity index (χ4n) is 1.42. The number of furan rings is 1. The number of ether oxygens (including phenoxy) is 1. The van der Waals surface area contributed by atoms with Crippen molar-refractivity contribution in [2.75, 3.05) is 20.3 Å². The molecule has 86 valence electrons. The number of hydrogen-bond donors (Lipinski definition) is 2. The number of nitrogens with one attached hydrogen (secondary N) is 1. The highest BCUT2D eigenvalue weighted by atomic mass is 16.5. The Morgan fingerprint density at radius 2 is 2.40 bits per heavy atom. The average Bonchev–Trinajstić information content (AvgIpc) is 2.61. The summed E-state index contributed by atoms with van der Waals surface area (Å²) in [5.74, 6) is 0.939. The molecule has 0 saturated carbocycles. The van der Waals surface area contributed by atoms with Crippen molar-refractivity contribution in [1.82, 2.24) is 5.32 Å². The highest BCUT2D eigenvalue weighted by Crippen LogP contribution is 2.08. The summed E-state index contributed by atoms with van der Waals surface area (Å²) in [5.41, 5.74) is 1.14. The number of methoxy groups -OCH3 is 1. The van der Waals surface area contributed by atoms with Gasteiger partial charge in [0.05, 0.1) is 19.4 Å². The van der Waals surface area contributed by atoms with Gasteiger partial charge in [0.2, 0.25) is 0 Å². The molecular weight excluding hydrogens is 194 g/mol. The van der Waals surface area contributed by atoms with Crippen LogP contribution in [-0.2, 0) is 11.3 Å². The van der Waals surface area contributed by atoms with Crippen LogP contribution in [0.5, 0.6) is 0 Å². The van der Waals surface area contributed by atoms with E-state index < -0.39 is 0 Å². The maximum atomic E-state index is 8.86. The van der Waals surface area contributed by atoms with Crippen molar-refractivity contribution in [3.63, 3.8) is 0 Å². The minimum absolute atomic E-state index is 0.165. The lowest BCUT2D eigenvalue weighted by Gasteiger charge is -2.16. The number of hydrogen-bond acceptors (Lipinski definition) is 4. The van der Waals surface area contributed by atoms with Crippen LogP contribution in [-0.4, -0.2) is 31.5 Å². The van der Waals surface area contributed by atoms with Gasteiger partial charge < -0.3 is 19.6 Å². The Bertz CT molecular complexity index is 267. The third-order valence-electron chi connectivity index (χ3n) is 2.36. The molecule has 1 rings (SSSR count). The molecule has 0 fully saturated rings. The van der Waals surface area contributed by atoms with E-state index in [1.54, 1.807) is 13.4 Å². The third kappa shape index (κ3) is 4.03. The Hall–Kier alpha value is -0.840. The zero-order chi connectivity index (χ0) is 11.1. The van der Waals surface area contributed by atoms with Gasteiger partial charge in [-0.25, -0.2) is 0 Å². The molecule has 0 radical (unpaired) electrons. The van der Waals surface area contributed by atoms with Crippen LogP contribution >= 0.6 is 0 Å². The molecule has 0 spiro atoms. The molecule has 0 aliphatic carbocycles. The van der Waals surface area contributed by atoms with E-state index in [2.05, 4.69) is 5.32 Å². The average molecular weight is 213 g/mol. The predicted molar refractivity (Wildman–Crippen MR) is 57.7 cm³/mol. The summed E-state index contributed by atoms with van der Waals surface area (Å²) in [7, 11) is 1.66. The predicted octanol–water partition coefficient (Wildman–Crippen LogP) is 1.08. The Morgan fingerprint density at radius 1 is 1.60 bits per heavy atom. The first-order chi connectivity index (χ1) is 7.27. The van der Waals surface area contributed by atoms with E-state index in [1.165, 1.54) is 0 Å². The molecule has 1 unspecified atom stereocenters. The Labute approximate surface area is 90.2 Å². The number of aliphatic hydroxyl groups excluding tert-OH is 1. The van der Waals surface area contributed by atoms with Gasteiger partial charge in [-0.05, 0) is 25.0 Å². The van der Waals surface area contributed by atoms with Crippen molar-refractivity contribution in [2.24, 2.45) is 0 Å². The molecule has 0 aliphatic heterocycles. The molecule has 0 bridgehead atoms. The molecule has 0 saturated heterocycles. The molecule has 2 N–H and O–H groups in total. The van der Waals surface area contributed by atoms with E-state index in [9.17, 15) is 0 Å². The van der Waals surface area contributed by atoms with Gasteiger partial charge in [-0.15, -0.1) is 0 Å². The quantitative estimate of drug-likeness (QED) is 0.711. The van der Waals surface area contributed by atoms with Crippen molar-refractivity contribution in [3.8, 4) is 0 Å². The summed E-state index contributed by atoms with van der Waals surface area (Å²) < 4.78 is 10.4. The van der Waals surface area contributed by atoms with Crippen molar-refractivity contribution in [3.05, 3.63) is 23.7 Å². The van der Waals surface area contributed by atoms with Crippen LogP contribution in [0.25, 0.3) is 0 Å². The molecule has 15 heavy (non-hydrogen) atoms. The second-order valence-corrected chi connectivity index (χ2v) is 3.57. The van der Waals surface area contributed by atoms with E-state index >= 15 is 0 Å². The molecule has 4 nitrogen and oxygen atoms in total. The van der Waals surface area contributed by atoms with Crippen LogP contribution in [0.1, 0.15) is 17.7 Å². The van der Waals surface area contributed by atoms with Crippen LogP contribution in [0, 0.1) is 6.92 Å². The molecule has 0 aromatic carbocycles. The van der Waals surface area contributed by atoms with Crippen LogP contribution in [0.3, 0.4) is 0 Å². The minimum atomic E-state index is 0.165. The van der Waals surface area contributed by atoms with Gasteiger partial charge in [0.1, 0.15) is 5.76 Å². The Balaban J connectivity index is 2.36. The fraction of sp³-hybridized carbons (Fsp3) is 0.636. The second kappa shape index (κ2) is 6.61. The third-order valence-corrected chi connectivity index (χ3v) is 2.36. The monoisotopic (exact) mass is 213 g/mol. The summed E-state index contributed by atoms with van der Waals surface area (Å²) in [6, 6.07) is 2.11. The highest BCUT2D eigenvalue weighted by molar-refractivity contribution is 5.14. The first kappa shape index (κ1) is 12.2. The van der Waals surface area contributed by atoms with Gasteiger partial charge in [-0.2, -0.15) is 0 Å². The zero-order valence-electron chi connectivity index (χ0n) is 9.32. The van der Waals surface area contributed by atoms with Crippen LogP contribution in [0.4, 0.5) is 0 Å². The van der Waals surface area contributed by atoms with Crippen LogP contribution in [0.15, 0.2) is 16.7 Å². The van der Waals surface area contributed by atoms with Crippen molar-refractivity contribution < 1.29 is 14.3 Å². The van der Waals surface area contributed by atoms with Crippen molar-refractivity contribution in [2.45, 2.75) is 25.9 Å². The Morgan fingerprint density at radius 3 is 2.93 bits per heavy atom. The number of rotatable bonds is 7. The normalized spacial score (nSPS) is 13.0. The van der Waals surface area contributed by atoms with E-state index in [4.69, 9.17) is 14.3 Å². The molecule has 1 aromatic heterocycles. The molecule has 0 aliphatic rings. The van der Waals surface area contributed by atoms with Gasteiger partial charge >= 0.3 is 0 Å². The summed E-state index contributed by atoms with van der Waals surface area (Å²) in [6.07, 6.45) is 2.37. The molecule has 1 aromatic rings. The first-order valence-electron chi connectivity index (χ1n) is 5.14. The second-order valence-electron chi connectivity index (χ2n) is 3.57. The van der Waals surface area contributed by atoms with E-state index in [-0.39, 0.29) is 12.6 Å². The topological polar surface area (TPSA) is 54.6 Å². The standard InChI is InChI=1S/C11H19NO3/c1-9-4-6-15-11(9)7-12-10(3-5-13)8-14-2/h4,6,10,12-13H,3,5,7-8H2,1-2H3. The van der Waals surface area contributed by atoms with Gasteiger partial charge in [-0.1, -0.05) is 0 Å². The zero-order valence-corrected chi connectivity index (χ0v) is 9.32. The summed E-state index contributed by atoms with van der Waals surface area (Å²) in [4.78, 5) is 0. The Kier molecular flexibility index (Phi) is 5.39. The molecular formula is C11H19NO3. The molecule has 1 heterocycles. The lowest BCUT2D eigenvalue weighted by molar-refractivity contribution is 0.147. The van der Waals surface area contributed by atoms with Crippen molar-refractivity contribution in [1.29, 1.82) is 0 Å². The maximum Gasteiger partial charge on any atom is 0.120 e. The lowest BCUT2D eigenvalue weighted by Crippen LogP contribution is -2.33. The fourth-order valence-corrected chi connectivity index (χ4v) is 1.42. The first-order valence-corrected chi connectivity index (χ1v) is 5.14. The molecule has 4 heteroatoms. The van der Waals surface area contributed by atoms with E-state index in [0.29, 0.717) is 19.6 Å². The van der Waals surface area contributed by atoms with Gasteiger partial charge in [0.15, 0.2) is 0 Å². The van der Waals surface area contributed by atoms with E-state index in [0.717, 1.165) is 11.3 Å². The molecule has 0 amide bonds. The van der Waals surface area contributed by atoms with Crippen molar-refractivity contribution >= 4 is 0 Å². The summed E-state index contributed by atoms with van der Waals surface area (Å²) in [5, 5.41) is 12.1. The maximum absolute atomic E-state index is 8.86. The smallest absolute Gasteiger partial charge is 0.120 e. The summed E-state index contributed by atoms with van der Waals surface area (Å²) in [6.45, 7) is 3.45. The van der Waals surface area contributed by atoms with Gasteiger partial charge in [0.25, 0.3) is 0 Å².